The minimum atomic E-state index is -0.726. The molecule has 140 valence electrons. The number of ether oxygens (including phenoxy) is 1. The first-order valence-electron chi connectivity index (χ1n) is 8.19. The zero-order valence-electron chi connectivity index (χ0n) is 15.3. The van der Waals surface area contributed by atoms with Crippen LogP contribution in [0, 0.1) is 5.92 Å². The van der Waals surface area contributed by atoms with E-state index in [1.54, 1.807) is 32.9 Å². The maximum absolute atomic E-state index is 12.2. The maximum Gasteiger partial charge on any atom is 0.408 e. The van der Waals surface area contributed by atoms with Gasteiger partial charge in [-0.25, -0.2) is 4.79 Å². The minimum Gasteiger partial charge on any atom is -0.459 e. The van der Waals surface area contributed by atoms with Gasteiger partial charge in [0.2, 0.25) is 5.91 Å². The van der Waals surface area contributed by atoms with Crippen LogP contribution in [0.4, 0.5) is 4.79 Å². The summed E-state index contributed by atoms with van der Waals surface area (Å²) in [4.78, 5) is 35.8. The number of amides is 3. The van der Waals surface area contributed by atoms with Crippen molar-refractivity contribution in [2.75, 3.05) is 13.1 Å². The van der Waals surface area contributed by atoms with E-state index in [4.69, 9.17) is 9.15 Å². The summed E-state index contributed by atoms with van der Waals surface area (Å²) in [6.45, 7) is 9.35. The molecule has 1 aromatic rings. The second kappa shape index (κ2) is 9.10. The third-order valence-electron chi connectivity index (χ3n) is 3.08. The van der Waals surface area contributed by atoms with Gasteiger partial charge in [0.25, 0.3) is 5.91 Å². The van der Waals surface area contributed by atoms with E-state index in [1.807, 2.05) is 13.8 Å². The molecule has 0 radical (unpaired) electrons. The van der Waals surface area contributed by atoms with Crippen LogP contribution < -0.4 is 16.0 Å². The lowest BCUT2D eigenvalue weighted by molar-refractivity contribution is -0.124. The summed E-state index contributed by atoms with van der Waals surface area (Å²) in [5.74, 6) is -0.608. The Morgan fingerprint density at radius 3 is 2.32 bits per heavy atom. The summed E-state index contributed by atoms with van der Waals surface area (Å²) >= 11 is 0. The first-order valence-corrected chi connectivity index (χ1v) is 8.19. The first kappa shape index (κ1) is 20.5. The molecule has 0 spiro atoms. The second-order valence-electron chi connectivity index (χ2n) is 6.89. The SMILES string of the molecule is CC(C)[C@@H](NC(=O)OC(C)(C)C)C(=O)NCCNC(=O)c1ccco1. The van der Waals surface area contributed by atoms with Crippen LogP contribution in [0.5, 0.6) is 0 Å². The fraction of sp³-hybridized carbons (Fsp3) is 0.588. The number of hydrogen-bond donors (Lipinski definition) is 3. The predicted molar refractivity (Wildman–Crippen MR) is 92.0 cm³/mol. The Morgan fingerprint density at radius 1 is 1.16 bits per heavy atom. The fourth-order valence-electron chi connectivity index (χ4n) is 1.94. The average Bonchev–Trinajstić information content (AvgIpc) is 3.01. The summed E-state index contributed by atoms with van der Waals surface area (Å²) in [6.07, 6.45) is 0.763. The van der Waals surface area contributed by atoms with Gasteiger partial charge in [-0.15, -0.1) is 0 Å². The van der Waals surface area contributed by atoms with Crippen molar-refractivity contribution in [2.45, 2.75) is 46.3 Å². The van der Waals surface area contributed by atoms with E-state index in [-0.39, 0.29) is 36.6 Å². The van der Waals surface area contributed by atoms with Gasteiger partial charge in [0.1, 0.15) is 11.6 Å². The number of rotatable bonds is 7. The molecule has 1 rings (SSSR count). The molecular weight excluding hydrogens is 326 g/mol. The lowest BCUT2D eigenvalue weighted by Crippen LogP contribution is -2.51. The van der Waals surface area contributed by atoms with Gasteiger partial charge in [-0.2, -0.15) is 0 Å². The van der Waals surface area contributed by atoms with Gasteiger partial charge < -0.3 is 25.1 Å². The van der Waals surface area contributed by atoms with Crippen molar-refractivity contribution in [1.29, 1.82) is 0 Å². The maximum atomic E-state index is 12.2. The van der Waals surface area contributed by atoms with Crippen molar-refractivity contribution >= 4 is 17.9 Å². The molecule has 0 bridgehead atoms. The largest absolute Gasteiger partial charge is 0.459 e. The molecule has 0 saturated heterocycles. The zero-order chi connectivity index (χ0) is 19.0. The molecule has 0 fully saturated rings. The summed E-state index contributed by atoms with van der Waals surface area (Å²) in [5.41, 5.74) is -0.641. The van der Waals surface area contributed by atoms with E-state index >= 15 is 0 Å². The van der Waals surface area contributed by atoms with E-state index in [1.165, 1.54) is 6.26 Å². The Bertz CT molecular complexity index is 576. The van der Waals surface area contributed by atoms with Crippen molar-refractivity contribution in [2.24, 2.45) is 5.92 Å². The minimum absolute atomic E-state index is 0.120. The van der Waals surface area contributed by atoms with Crippen LogP contribution in [-0.4, -0.2) is 42.6 Å². The lowest BCUT2D eigenvalue weighted by Gasteiger charge is -2.25. The van der Waals surface area contributed by atoms with E-state index in [0.29, 0.717) is 0 Å². The Labute approximate surface area is 147 Å². The summed E-state index contributed by atoms with van der Waals surface area (Å²) in [6, 6.07) is 2.44. The van der Waals surface area contributed by atoms with E-state index in [0.717, 1.165) is 0 Å². The molecule has 1 heterocycles. The Kier molecular flexibility index (Phi) is 7.47. The third kappa shape index (κ3) is 7.73. The molecule has 0 aliphatic heterocycles. The molecule has 3 N–H and O–H groups in total. The van der Waals surface area contributed by atoms with E-state index in [2.05, 4.69) is 16.0 Å². The monoisotopic (exact) mass is 353 g/mol. The number of carbonyl (C=O) groups is 3. The Balaban J connectivity index is 2.40. The van der Waals surface area contributed by atoms with Gasteiger partial charge in [0.15, 0.2) is 5.76 Å². The fourth-order valence-corrected chi connectivity index (χ4v) is 1.94. The van der Waals surface area contributed by atoms with Crippen LogP contribution in [0.25, 0.3) is 0 Å². The number of furan rings is 1. The normalized spacial score (nSPS) is 12.4. The van der Waals surface area contributed by atoms with Crippen molar-refractivity contribution in [1.82, 2.24) is 16.0 Å². The molecule has 1 aromatic heterocycles. The highest BCUT2D eigenvalue weighted by atomic mass is 16.6. The number of alkyl carbamates (subject to hydrolysis) is 1. The van der Waals surface area contributed by atoms with Crippen molar-refractivity contribution in [3.05, 3.63) is 24.2 Å². The summed E-state index contributed by atoms with van der Waals surface area (Å²) in [7, 11) is 0. The van der Waals surface area contributed by atoms with Crippen molar-refractivity contribution < 1.29 is 23.5 Å². The van der Waals surface area contributed by atoms with Crippen LogP contribution in [0.3, 0.4) is 0 Å². The van der Waals surface area contributed by atoms with Gasteiger partial charge in [-0.05, 0) is 38.8 Å². The molecule has 0 saturated carbocycles. The first-order chi connectivity index (χ1) is 11.6. The van der Waals surface area contributed by atoms with Gasteiger partial charge in [0.05, 0.1) is 6.26 Å². The Morgan fingerprint density at radius 2 is 1.80 bits per heavy atom. The predicted octanol–water partition coefficient (Wildman–Crippen LogP) is 1.67. The van der Waals surface area contributed by atoms with E-state index in [9.17, 15) is 14.4 Å². The van der Waals surface area contributed by atoms with Crippen molar-refractivity contribution in [3.8, 4) is 0 Å². The van der Waals surface area contributed by atoms with Crippen molar-refractivity contribution in [3.63, 3.8) is 0 Å². The molecular formula is C17H27N3O5. The van der Waals surface area contributed by atoms with E-state index < -0.39 is 17.7 Å². The molecule has 1 atom stereocenters. The molecule has 8 nitrogen and oxygen atoms in total. The number of hydrogen-bond acceptors (Lipinski definition) is 5. The summed E-state index contributed by atoms with van der Waals surface area (Å²) < 4.78 is 10.1. The van der Waals surface area contributed by atoms with Gasteiger partial charge in [-0.3, -0.25) is 9.59 Å². The molecule has 8 heteroatoms. The molecule has 0 aliphatic carbocycles. The quantitative estimate of drug-likeness (QED) is 0.646. The topological polar surface area (TPSA) is 110 Å². The lowest BCUT2D eigenvalue weighted by atomic mass is 10.0. The van der Waals surface area contributed by atoms with Crippen LogP contribution in [0.2, 0.25) is 0 Å². The second-order valence-corrected chi connectivity index (χ2v) is 6.89. The van der Waals surface area contributed by atoms with Crippen LogP contribution in [-0.2, 0) is 9.53 Å². The van der Waals surface area contributed by atoms with Crippen LogP contribution >= 0.6 is 0 Å². The molecule has 0 aromatic carbocycles. The number of carbonyl (C=O) groups excluding carboxylic acids is 3. The van der Waals surface area contributed by atoms with Gasteiger partial charge in [0, 0.05) is 13.1 Å². The molecule has 0 unspecified atom stereocenters. The van der Waals surface area contributed by atoms with Crippen LogP contribution in [0.1, 0.15) is 45.2 Å². The molecule has 0 aliphatic rings. The Hall–Kier alpha value is -2.51. The zero-order valence-corrected chi connectivity index (χ0v) is 15.3. The highest BCUT2D eigenvalue weighted by Crippen LogP contribution is 2.08. The third-order valence-corrected chi connectivity index (χ3v) is 3.08. The standard InChI is InChI=1S/C17H27N3O5/c1-11(2)13(20-16(23)25-17(3,4)5)15(22)19-9-8-18-14(21)12-7-6-10-24-12/h6-7,10-11,13H,8-9H2,1-5H3,(H,18,21)(H,19,22)(H,20,23)/t13-/m1/s1. The van der Waals surface area contributed by atoms with Crippen LogP contribution in [0.15, 0.2) is 22.8 Å². The molecule has 3 amide bonds. The summed E-state index contributed by atoms with van der Waals surface area (Å²) in [5, 5.41) is 7.87. The smallest absolute Gasteiger partial charge is 0.408 e. The molecule has 25 heavy (non-hydrogen) atoms. The number of nitrogens with one attached hydrogen (secondary N) is 3. The van der Waals surface area contributed by atoms with Gasteiger partial charge >= 0.3 is 6.09 Å². The average molecular weight is 353 g/mol. The van der Waals surface area contributed by atoms with Gasteiger partial charge in [-0.1, -0.05) is 13.8 Å². The highest BCUT2D eigenvalue weighted by Gasteiger charge is 2.26. The highest BCUT2D eigenvalue weighted by molar-refractivity contribution is 5.91.